The zero-order chi connectivity index (χ0) is 17.1. The van der Waals surface area contributed by atoms with Crippen LogP contribution in [0.15, 0.2) is 46.9 Å². The molecule has 5 rings (SSSR count). The van der Waals surface area contributed by atoms with Crippen molar-refractivity contribution in [2.75, 3.05) is 5.32 Å². The molecule has 1 aliphatic heterocycles. The summed E-state index contributed by atoms with van der Waals surface area (Å²) in [4.78, 5) is 11.8. The lowest BCUT2D eigenvalue weighted by Crippen LogP contribution is -2.36. The van der Waals surface area contributed by atoms with Gasteiger partial charge in [-0.25, -0.2) is 4.79 Å². The average molecular weight is 398 g/mol. The van der Waals surface area contributed by atoms with Crippen molar-refractivity contribution in [1.82, 2.24) is 0 Å². The highest BCUT2D eigenvalue weighted by Crippen LogP contribution is 2.64. The van der Waals surface area contributed by atoms with E-state index in [0.29, 0.717) is 23.3 Å². The van der Waals surface area contributed by atoms with E-state index in [2.05, 4.69) is 45.5 Å². The van der Waals surface area contributed by atoms with Crippen molar-refractivity contribution in [3.8, 4) is 0 Å². The van der Waals surface area contributed by atoms with Gasteiger partial charge >= 0.3 is 5.97 Å². The first-order valence-electron chi connectivity index (χ1n) is 9.01. The summed E-state index contributed by atoms with van der Waals surface area (Å²) in [6.45, 7) is 0. The van der Waals surface area contributed by atoms with Crippen LogP contribution in [-0.4, -0.2) is 11.1 Å². The molecule has 4 heteroatoms. The molecule has 0 unspecified atom stereocenters. The van der Waals surface area contributed by atoms with Gasteiger partial charge in [0.25, 0.3) is 0 Å². The molecule has 3 aliphatic rings. The lowest BCUT2D eigenvalue weighted by Gasteiger charge is -2.44. The van der Waals surface area contributed by atoms with Crippen LogP contribution in [0.4, 0.5) is 5.69 Å². The topological polar surface area (TPSA) is 49.3 Å². The monoisotopic (exact) mass is 397 g/mol. The molecule has 2 aromatic carbocycles. The first kappa shape index (κ1) is 15.4. The Labute approximate surface area is 155 Å². The lowest BCUT2D eigenvalue weighted by atomic mass is 9.67. The first-order chi connectivity index (χ1) is 12.1. The summed E-state index contributed by atoms with van der Waals surface area (Å²) >= 11 is 3.59. The minimum absolute atomic E-state index is 0.186. The third-order valence-corrected chi connectivity index (χ3v) is 7.05. The summed E-state index contributed by atoms with van der Waals surface area (Å²) in [5.41, 5.74) is 3.72. The molecule has 1 heterocycles. The summed E-state index contributed by atoms with van der Waals surface area (Å²) in [5.74, 6) is 1.64. The number of hydrogen-bond acceptors (Lipinski definition) is 2. The number of carboxylic acid groups (broad SMARTS) is 1. The van der Waals surface area contributed by atoms with E-state index in [4.69, 9.17) is 0 Å². The van der Waals surface area contributed by atoms with Gasteiger partial charge in [-0.1, -0.05) is 40.2 Å². The minimum atomic E-state index is -0.848. The molecule has 2 aliphatic carbocycles. The summed E-state index contributed by atoms with van der Waals surface area (Å²) in [7, 11) is 0. The average Bonchev–Trinajstić information content (AvgIpc) is 3.22. The van der Waals surface area contributed by atoms with Crippen LogP contribution in [0.2, 0.25) is 0 Å². The molecule has 2 saturated carbocycles. The molecule has 5 atom stereocenters. The minimum Gasteiger partial charge on any atom is -0.478 e. The number of carbonyl (C=O) groups is 1. The number of benzene rings is 2. The Morgan fingerprint density at radius 3 is 2.72 bits per heavy atom. The molecule has 3 nitrogen and oxygen atoms in total. The highest BCUT2D eigenvalue weighted by Gasteiger charge is 2.54. The van der Waals surface area contributed by atoms with E-state index in [0.717, 1.165) is 16.1 Å². The Hall–Kier alpha value is -1.81. The van der Waals surface area contributed by atoms with Gasteiger partial charge in [0.05, 0.1) is 17.3 Å². The van der Waals surface area contributed by atoms with Crippen molar-refractivity contribution in [3.63, 3.8) is 0 Å². The predicted octanol–water partition coefficient (Wildman–Crippen LogP) is 5.44. The Morgan fingerprint density at radius 1 is 1.12 bits per heavy atom. The fourth-order valence-electron chi connectivity index (χ4n) is 5.72. The van der Waals surface area contributed by atoms with Gasteiger partial charge in [0, 0.05) is 4.47 Å². The predicted molar refractivity (Wildman–Crippen MR) is 101 cm³/mol. The van der Waals surface area contributed by atoms with E-state index in [1.54, 1.807) is 6.07 Å². The highest BCUT2D eigenvalue weighted by atomic mass is 79.9. The molecule has 2 bridgehead atoms. The molecule has 0 radical (unpaired) electrons. The molecular weight excluding hydrogens is 378 g/mol. The van der Waals surface area contributed by atoms with Gasteiger partial charge in [-0.05, 0) is 72.3 Å². The van der Waals surface area contributed by atoms with Crippen LogP contribution >= 0.6 is 15.9 Å². The van der Waals surface area contributed by atoms with Crippen LogP contribution < -0.4 is 5.32 Å². The van der Waals surface area contributed by atoms with Gasteiger partial charge in [0.2, 0.25) is 0 Å². The number of nitrogens with one attached hydrogen (secondary N) is 1. The molecule has 0 saturated heterocycles. The van der Waals surface area contributed by atoms with Crippen LogP contribution in [0.25, 0.3) is 0 Å². The van der Waals surface area contributed by atoms with Gasteiger partial charge in [-0.15, -0.1) is 0 Å². The van der Waals surface area contributed by atoms with Gasteiger partial charge in [0.15, 0.2) is 0 Å². The Kier molecular flexibility index (Phi) is 3.46. The van der Waals surface area contributed by atoms with Gasteiger partial charge < -0.3 is 10.4 Å². The standard InChI is InChI=1S/C21H20BrNO2/c22-14-4-1-3-13(10-14)19-18-12-8-7-11(9-12)17(18)15-5-2-6-16(21(24)25)20(15)23-19/h1-6,10-12,17-19,23H,7-9H2,(H,24,25)/t11-,12+,17+,18+,19-/m0/s1. The van der Waals surface area contributed by atoms with E-state index < -0.39 is 5.97 Å². The maximum atomic E-state index is 11.8. The van der Waals surface area contributed by atoms with Crippen LogP contribution in [-0.2, 0) is 0 Å². The number of fused-ring (bicyclic) bond motifs is 7. The first-order valence-corrected chi connectivity index (χ1v) is 9.81. The summed E-state index contributed by atoms with van der Waals surface area (Å²) < 4.78 is 1.07. The molecule has 2 N–H and O–H groups in total. The quantitative estimate of drug-likeness (QED) is 0.708. The zero-order valence-corrected chi connectivity index (χ0v) is 15.4. The molecule has 0 spiro atoms. The molecular formula is C21H20BrNO2. The molecule has 0 aromatic heterocycles. The van der Waals surface area contributed by atoms with E-state index >= 15 is 0 Å². The molecule has 25 heavy (non-hydrogen) atoms. The van der Waals surface area contributed by atoms with Crippen molar-refractivity contribution in [2.45, 2.75) is 31.2 Å². The zero-order valence-electron chi connectivity index (χ0n) is 13.8. The Morgan fingerprint density at radius 2 is 1.92 bits per heavy atom. The number of hydrogen-bond donors (Lipinski definition) is 2. The number of anilines is 1. The Bertz CT molecular complexity index is 865. The maximum absolute atomic E-state index is 11.8. The molecule has 2 fully saturated rings. The van der Waals surface area contributed by atoms with Crippen molar-refractivity contribution < 1.29 is 9.90 Å². The fourth-order valence-corrected chi connectivity index (χ4v) is 6.14. The van der Waals surface area contributed by atoms with Crippen molar-refractivity contribution >= 4 is 27.6 Å². The fraction of sp³-hybridized carbons (Fsp3) is 0.381. The maximum Gasteiger partial charge on any atom is 0.337 e. The van der Waals surface area contributed by atoms with Gasteiger partial charge in [0.1, 0.15) is 0 Å². The molecule has 128 valence electrons. The number of aromatic carboxylic acids is 1. The van der Waals surface area contributed by atoms with Crippen LogP contribution in [0, 0.1) is 17.8 Å². The number of para-hydroxylation sites is 1. The smallest absolute Gasteiger partial charge is 0.337 e. The van der Waals surface area contributed by atoms with Crippen LogP contribution in [0.5, 0.6) is 0 Å². The normalized spacial score (nSPS) is 32.0. The van der Waals surface area contributed by atoms with Gasteiger partial charge in [-0.2, -0.15) is 0 Å². The largest absolute Gasteiger partial charge is 0.478 e. The van der Waals surface area contributed by atoms with E-state index in [-0.39, 0.29) is 6.04 Å². The SMILES string of the molecule is O=C(O)c1cccc2c1N[C@@H](c1cccc(Br)c1)[C@@H]1[C@@H]3CC[C@@H](C3)[C@H]21. The molecule has 2 aromatic rings. The number of rotatable bonds is 2. The summed E-state index contributed by atoms with van der Waals surface area (Å²) in [6.07, 6.45) is 3.89. The van der Waals surface area contributed by atoms with Crippen molar-refractivity contribution in [2.24, 2.45) is 17.8 Å². The second-order valence-electron chi connectivity index (χ2n) is 7.69. The summed E-state index contributed by atoms with van der Waals surface area (Å²) in [5, 5.41) is 13.3. The second kappa shape index (κ2) is 5.60. The van der Waals surface area contributed by atoms with E-state index in [1.807, 2.05) is 12.1 Å². The second-order valence-corrected chi connectivity index (χ2v) is 8.60. The van der Waals surface area contributed by atoms with Crippen molar-refractivity contribution in [1.29, 1.82) is 0 Å². The number of halogens is 1. The molecule has 0 amide bonds. The van der Waals surface area contributed by atoms with Gasteiger partial charge in [-0.3, -0.25) is 0 Å². The number of carboxylic acids is 1. The third kappa shape index (κ3) is 2.27. The Balaban J connectivity index is 1.68. The van der Waals surface area contributed by atoms with Crippen molar-refractivity contribution in [3.05, 3.63) is 63.6 Å². The lowest BCUT2D eigenvalue weighted by molar-refractivity contribution is 0.0697. The van der Waals surface area contributed by atoms with Crippen LogP contribution in [0.3, 0.4) is 0 Å². The highest BCUT2D eigenvalue weighted by molar-refractivity contribution is 9.10. The van der Waals surface area contributed by atoms with E-state index in [1.165, 1.54) is 30.4 Å². The third-order valence-electron chi connectivity index (χ3n) is 6.56. The van der Waals surface area contributed by atoms with Crippen LogP contribution in [0.1, 0.15) is 52.7 Å². The van der Waals surface area contributed by atoms with E-state index in [9.17, 15) is 9.90 Å². The summed E-state index contributed by atoms with van der Waals surface area (Å²) in [6, 6.07) is 14.4.